The van der Waals surface area contributed by atoms with E-state index in [1.54, 1.807) is 6.20 Å². The van der Waals surface area contributed by atoms with E-state index < -0.39 is 0 Å². The molecule has 2 amide bonds. The van der Waals surface area contributed by atoms with Gasteiger partial charge in [0.25, 0.3) is 6.47 Å². The number of rotatable bonds is 28. The second-order valence-corrected chi connectivity index (χ2v) is 13.1. The number of carbonyl (C=O) groups excluding carboxylic acids is 3. The minimum atomic E-state index is -0.214. The molecule has 1 unspecified atom stereocenters. The first-order chi connectivity index (χ1) is 28.4. The normalized spacial score (nSPS) is 11.2. The molecule has 4 rings (SSSR count). The first-order valence-electron chi connectivity index (χ1n) is 19.8. The Labute approximate surface area is 342 Å². The van der Waals surface area contributed by atoms with Crippen LogP contribution in [0.3, 0.4) is 0 Å². The first-order valence-corrected chi connectivity index (χ1v) is 19.8. The number of aryl methyl sites for hydroxylation is 1. The van der Waals surface area contributed by atoms with Crippen molar-refractivity contribution in [2.45, 2.75) is 45.6 Å². The molecule has 0 fully saturated rings. The number of pyridine rings is 1. The van der Waals surface area contributed by atoms with E-state index in [1.807, 2.05) is 44.2 Å². The van der Waals surface area contributed by atoms with Crippen molar-refractivity contribution in [3.05, 3.63) is 90.1 Å². The van der Waals surface area contributed by atoms with Crippen molar-refractivity contribution in [2.24, 2.45) is 5.73 Å². The summed E-state index contributed by atoms with van der Waals surface area (Å²) in [5.74, 6) is 1.29. The number of anilines is 1. The zero-order valence-electron chi connectivity index (χ0n) is 34.2. The van der Waals surface area contributed by atoms with Crippen molar-refractivity contribution in [2.75, 3.05) is 91.5 Å². The number of hydrogen-bond acceptors (Lipinski definition) is 12. The zero-order chi connectivity index (χ0) is 41.6. The highest BCUT2D eigenvalue weighted by Crippen LogP contribution is 2.35. The molecule has 0 saturated carbocycles. The summed E-state index contributed by atoms with van der Waals surface area (Å²) in [7, 11) is 1.31. The Kier molecular flexibility index (Phi) is 23.7. The van der Waals surface area contributed by atoms with E-state index in [9.17, 15) is 9.59 Å². The minimum absolute atomic E-state index is 0.0524. The molecule has 58 heavy (non-hydrogen) atoms. The second-order valence-electron chi connectivity index (χ2n) is 13.1. The zero-order valence-corrected chi connectivity index (χ0v) is 34.2. The van der Waals surface area contributed by atoms with Crippen molar-refractivity contribution in [3.8, 4) is 16.9 Å². The van der Waals surface area contributed by atoms with Crippen molar-refractivity contribution in [3.63, 3.8) is 0 Å². The maximum absolute atomic E-state index is 12.8. The summed E-state index contributed by atoms with van der Waals surface area (Å²) in [5.41, 5.74) is 9.68. The van der Waals surface area contributed by atoms with Crippen molar-refractivity contribution in [1.82, 2.24) is 15.6 Å². The first kappa shape index (κ1) is 47.3. The molecule has 0 aliphatic carbocycles. The third kappa shape index (κ3) is 18.4. The van der Waals surface area contributed by atoms with E-state index >= 15 is 0 Å². The summed E-state index contributed by atoms with van der Waals surface area (Å²) < 4.78 is 31.9. The van der Waals surface area contributed by atoms with Gasteiger partial charge in [0.2, 0.25) is 11.8 Å². The fraction of sp³-hybridized carbons (Fsp3) is 0.455. The molecule has 14 heteroatoms. The largest absolute Gasteiger partial charge is 0.491 e. The van der Waals surface area contributed by atoms with Crippen LogP contribution in [0, 0.1) is 6.92 Å². The molecule has 1 heterocycles. The molecule has 0 aliphatic heterocycles. The smallest absolute Gasteiger partial charge is 0.292 e. The average molecular weight is 804 g/mol. The summed E-state index contributed by atoms with van der Waals surface area (Å²) in [5, 5.41) is 11.2. The average Bonchev–Trinajstić information content (AvgIpc) is 3.25. The lowest BCUT2D eigenvalue weighted by Gasteiger charge is -2.19. The number of unbranched alkanes of at least 4 members (excludes halogenated alkanes) is 1. The van der Waals surface area contributed by atoms with Crippen LogP contribution in [0.25, 0.3) is 21.9 Å². The van der Waals surface area contributed by atoms with Crippen LogP contribution in [0.5, 0.6) is 5.75 Å². The Bertz CT molecular complexity index is 1760. The van der Waals surface area contributed by atoms with Crippen LogP contribution in [0.1, 0.15) is 49.8 Å². The molecule has 4 aromatic rings. The van der Waals surface area contributed by atoms with Gasteiger partial charge >= 0.3 is 0 Å². The molecule has 0 aliphatic rings. The molecule has 0 bridgehead atoms. The molecule has 1 atom stereocenters. The Morgan fingerprint density at radius 1 is 0.793 bits per heavy atom. The predicted molar refractivity (Wildman–Crippen MR) is 226 cm³/mol. The SMILES string of the molecule is CCC(NC(=O)CNC(=O)CCCCNc1cc(C)ccn1)c1ccc(-c2ccc(OCCOCCOCCOCCOCCN)c3ccccc23)cc1.COC=O. The number of nitrogens with two attached hydrogens (primary N) is 1. The van der Waals surface area contributed by atoms with Gasteiger partial charge in [-0.15, -0.1) is 0 Å². The van der Waals surface area contributed by atoms with Crippen LogP contribution in [-0.2, 0) is 38.1 Å². The summed E-state index contributed by atoms with van der Waals surface area (Å²) in [4.78, 5) is 38.3. The van der Waals surface area contributed by atoms with Crippen LogP contribution < -0.4 is 26.4 Å². The van der Waals surface area contributed by atoms with E-state index in [0.29, 0.717) is 78.9 Å². The maximum atomic E-state index is 12.8. The highest BCUT2D eigenvalue weighted by molar-refractivity contribution is 6.00. The standard InChI is InChI=1S/C42H57N5O7.C2H4O2/c1-3-38(47-42(49)31-46-41(48)10-6-7-19-44-40-30-32(2)17-20-45-40)34-13-11-33(12-14-34)35-15-16-39(37-9-5-4-8-36(35)37)54-29-28-53-27-26-52-25-24-51-23-22-50-21-18-43;1-4-2-3/h4-5,8-9,11-17,20,30,38H,3,6-7,10,18-19,21-29,31,43H2,1-2H3,(H,44,45)(H,46,48)(H,47,49);2H,1H3. The number of aromatic nitrogens is 1. The van der Waals surface area contributed by atoms with Gasteiger partial charge in [-0.1, -0.05) is 61.5 Å². The predicted octanol–water partition coefficient (Wildman–Crippen LogP) is 5.37. The van der Waals surface area contributed by atoms with Gasteiger partial charge in [0, 0.05) is 31.1 Å². The van der Waals surface area contributed by atoms with E-state index in [2.05, 4.69) is 68.1 Å². The van der Waals surface area contributed by atoms with Crippen LogP contribution in [-0.4, -0.2) is 109 Å². The van der Waals surface area contributed by atoms with Gasteiger partial charge in [-0.2, -0.15) is 0 Å². The van der Waals surface area contributed by atoms with Crippen LogP contribution >= 0.6 is 0 Å². The number of nitrogens with zero attached hydrogens (tertiary/aromatic N) is 1. The molecular formula is C44H61N5O9. The maximum Gasteiger partial charge on any atom is 0.292 e. The lowest BCUT2D eigenvalue weighted by molar-refractivity contribution is -0.126. The molecule has 0 saturated heterocycles. The van der Waals surface area contributed by atoms with Gasteiger partial charge in [-0.3, -0.25) is 14.4 Å². The molecule has 0 spiro atoms. The molecule has 1 aromatic heterocycles. The van der Waals surface area contributed by atoms with Gasteiger partial charge in [-0.05, 0) is 72.0 Å². The highest BCUT2D eigenvalue weighted by Gasteiger charge is 2.15. The number of methoxy groups -OCH3 is 1. The van der Waals surface area contributed by atoms with Gasteiger partial charge in [0.15, 0.2) is 0 Å². The van der Waals surface area contributed by atoms with Crippen molar-refractivity contribution in [1.29, 1.82) is 0 Å². The monoisotopic (exact) mass is 803 g/mol. The third-order valence-electron chi connectivity index (χ3n) is 8.71. The quantitative estimate of drug-likeness (QED) is 0.0427. The molecular weight excluding hydrogens is 743 g/mol. The fourth-order valence-corrected chi connectivity index (χ4v) is 5.79. The summed E-state index contributed by atoms with van der Waals surface area (Å²) >= 11 is 0. The van der Waals surface area contributed by atoms with Crippen molar-refractivity contribution >= 4 is 34.9 Å². The van der Waals surface area contributed by atoms with Crippen LogP contribution in [0.4, 0.5) is 5.82 Å². The topological polar surface area (TPSA) is 182 Å². The summed E-state index contributed by atoms with van der Waals surface area (Å²) in [6.45, 7) is 10.1. The van der Waals surface area contributed by atoms with Gasteiger partial charge < -0.3 is 50.1 Å². The van der Waals surface area contributed by atoms with E-state index in [0.717, 1.165) is 70.4 Å². The van der Waals surface area contributed by atoms with Crippen molar-refractivity contribution < 1.29 is 42.8 Å². The van der Waals surface area contributed by atoms with Gasteiger partial charge in [-0.25, -0.2) is 4.98 Å². The molecule has 316 valence electrons. The number of nitrogens with one attached hydrogen (secondary N) is 3. The molecule has 5 N–H and O–H groups in total. The number of ether oxygens (including phenoxy) is 6. The lowest BCUT2D eigenvalue weighted by atomic mass is 9.95. The Morgan fingerprint density at radius 2 is 1.43 bits per heavy atom. The molecule has 3 aromatic carbocycles. The number of carbonyl (C=O) groups is 3. The molecule has 14 nitrogen and oxygen atoms in total. The summed E-state index contributed by atoms with van der Waals surface area (Å²) in [6.07, 6.45) is 4.41. The van der Waals surface area contributed by atoms with Crippen LogP contribution in [0.2, 0.25) is 0 Å². The third-order valence-corrected chi connectivity index (χ3v) is 8.71. The number of amides is 2. The Morgan fingerprint density at radius 3 is 2.05 bits per heavy atom. The van der Waals surface area contributed by atoms with E-state index in [1.165, 1.54) is 7.11 Å². The lowest BCUT2D eigenvalue weighted by Crippen LogP contribution is -2.38. The second kappa shape index (κ2) is 29.1. The van der Waals surface area contributed by atoms with Crippen LogP contribution in [0.15, 0.2) is 79.0 Å². The number of benzene rings is 3. The van der Waals surface area contributed by atoms with Gasteiger partial charge in [0.05, 0.1) is 72.6 Å². The molecule has 0 radical (unpaired) electrons. The van der Waals surface area contributed by atoms with E-state index in [4.69, 9.17) is 34.2 Å². The Balaban J connectivity index is 0.00000215. The van der Waals surface area contributed by atoms with E-state index in [-0.39, 0.29) is 24.4 Å². The number of fused-ring (bicyclic) bond motifs is 1. The Hall–Kier alpha value is -5.12. The minimum Gasteiger partial charge on any atom is -0.491 e. The summed E-state index contributed by atoms with van der Waals surface area (Å²) in [6, 6.07) is 24.3. The highest BCUT2D eigenvalue weighted by atomic mass is 16.6. The van der Waals surface area contributed by atoms with Gasteiger partial charge in [0.1, 0.15) is 18.2 Å². The number of hydrogen-bond donors (Lipinski definition) is 4. The fourth-order valence-electron chi connectivity index (χ4n) is 5.79.